The third kappa shape index (κ3) is 3.78. The summed E-state index contributed by atoms with van der Waals surface area (Å²) in [6.07, 6.45) is 3.90. The van der Waals surface area contributed by atoms with Crippen LogP contribution in [0.15, 0.2) is 29.2 Å². The third-order valence-electron chi connectivity index (χ3n) is 4.45. The first-order valence-electron chi connectivity index (χ1n) is 7.98. The molecule has 2 fully saturated rings. The third-order valence-corrected chi connectivity index (χ3v) is 6.03. The molecule has 0 bridgehead atoms. The van der Waals surface area contributed by atoms with Crippen LogP contribution in [0.4, 0.5) is 4.79 Å². The van der Waals surface area contributed by atoms with Crippen LogP contribution in [0, 0.1) is 0 Å². The maximum atomic E-state index is 12.4. The number of aryl methyl sites for hydroxylation is 1. The van der Waals surface area contributed by atoms with Crippen molar-refractivity contribution in [2.24, 2.45) is 0 Å². The normalized spacial score (nSPS) is 21.0. The number of hydrogen-bond donors (Lipinski definition) is 0. The number of carbonyl (C=O) groups excluding carboxylic acids is 3. The van der Waals surface area contributed by atoms with Crippen molar-refractivity contribution in [2.45, 2.75) is 30.2 Å². The van der Waals surface area contributed by atoms with Crippen LogP contribution in [0.3, 0.4) is 0 Å². The Bertz CT molecular complexity index is 632. The molecule has 0 aliphatic carbocycles. The minimum Gasteiger partial charge on any atom is -0.341 e. The summed E-state index contributed by atoms with van der Waals surface area (Å²) in [4.78, 5) is 40.3. The molecular formula is C17H20N2O3S2. The molecule has 0 N–H and O–H groups in total. The topological polar surface area (TPSA) is 57.7 Å². The lowest BCUT2D eigenvalue weighted by Crippen LogP contribution is -2.41. The second kappa shape index (κ2) is 7.61. The number of thioether (sulfide) groups is 2. The molecule has 2 heterocycles. The van der Waals surface area contributed by atoms with E-state index in [0.29, 0.717) is 32.4 Å². The Morgan fingerprint density at radius 1 is 1.29 bits per heavy atom. The van der Waals surface area contributed by atoms with Gasteiger partial charge < -0.3 is 4.90 Å². The van der Waals surface area contributed by atoms with Crippen LogP contribution in [0.2, 0.25) is 0 Å². The number of likely N-dealkylation sites (tertiary alicyclic amines) is 1. The van der Waals surface area contributed by atoms with E-state index < -0.39 is 0 Å². The van der Waals surface area contributed by atoms with Crippen LogP contribution >= 0.6 is 23.5 Å². The molecule has 3 rings (SSSR count). The first kappa shape index (κ1) is 17.4. The number of rotatable bonds is 5. The molecule has 1 atom stereocenters. The molecule has 2 saturated heterocycles. The Hall–Kier alpha value is -1.47. The number of amides is 3. The summed E-state index contributed by atoms with van der Waals surface area (Å²) in [5.41, 5.74) is 1.15. The monoisotopic (exact) mass is 364 g/mol. The number of hydrogen-bond acceptors (Lipinski definition) is 5. The lowest BCUT2D eigenvalue weighted by molar-refractivity contribution is -0.131. The minimum absolute atomic E-state index is 0.0955. The molecular weight excluding hydrogens is 344 g/mol. The number of nitrogens with zero attached hydrogens (tertiary/aromatic N) is 2. The Kier molecular flexibility index (Phi) is 5.50. The van der Waals surface area contributed by atoms with E-state index >= 15 is 0 Å². The van der Waals surface area contributed by atoms with E-state index in [-0.39, 0.29) is 28.8 Å². The Morgan fingerprint density at radius 2 is 2.04 bits per heavy atom. The standard InChI is InChI=1S/C17H20N2O3S2/c1-23-14-5-2-12(3-6-14)4-7-15(20)18-9-8-13(10-18)19-16(21)11-24-17(19)22/h2-3,5-6,13H,4,7-11H2,1H3. The predicted molar refractivity (Wildman–Crippen MR) is 96.2 cm³/mol. The van der Waals surface area contributed by atoms with Crippen molar-refractivity contribution >= 4 is 40.6 Å². The van der Waals surface area contributed by atoms with Crippen LogP contribution < -0.4 is 0 Å². The van der Waals surface area contributed by atoms with Crippen LogP contribution in [0.1, 0.15) is 18.4 Å². The van der Waals surface area contributed by atoms with Gasteiger partial charge in [0, 0.05) is 24.4 Å². The van der Waals surface area contributed by atoms with Gasteiger partial charge in [-0.1, -0.05) is 23.9 Å². The predicted octanol–water partition coefficient (Wildman–Crippen LogP) is 2.64. The van der Waals surface area contributed by atoms with Crippen molar-refractivity contribution in [3.8, 4) is 0 Å². The van der Waals surface area contributed by atoms with Gasteiger partial charge in [-0.25, -0.2) is 0 Å². The summed E-state index contributed by atoms with van der Waals surface area (Å²) in [6, 6.07) is 8.11. The first-order chi connectivity index (χ1) is 11.6. The Morgan fingerprint density at radius 3 is 2.67 bits per heavy atom. The fourth-order valence-electron chi connectivity index (χ4n) is 3.10. The van der Waals surface area contributed by atoms with Gasteiger partial charge >= 0.3 is 0 Å². The van der Waals surface area contributed by atoms with Crippen LogP contribution in [0.5, 0.6) is 0 Å². The van der Waals surface area contributed by atoms with Crippen molar-refractivity contribution in [1.82, 2.24) is 9.80 Å². The van der Waals surface area contributed by atoms with Crippen molar-refractivity contribution < 1.29 is 14.4 Å². The fraction of sp³-hybridized carbons (Fsp3) is 0.471. The molecule has 7 heteroatoms. The second-order valence-corrected chi connectivity index (χ2v) is 7.75. The van der Waals surface area contributed by atoms with Gasteiger partial charge in [-0.2, -0.15) is 0 Å². The van der Waals surface area contributed by atoms with Crippen molar-refractivity contribution in [1.29, 1.82) is 0 Å². The van der Waals surface area contributed by atoms with Crippen molar-refractivity contribution in [2.75, 3.05) is 25.1 Å². The van der Waals surface area contributed by atoms with Crippen LogP contribution in [0.25, 0.3) is 0 Å². The Balaban J connectivity index is 1.51. The molecule has 24 heavy (non-hydrogen) atoms. The second-order valence-electron chi connectivity index (χ2n) is 5.95. The maximum Gasteiger partial charge on any atom is 0.289 e. The highest BCUT2D eigenvalue weighted by atomic mass is 32.2. The van der Waals surface area contributed by atoms with Gasteiger partial charge in [0.1, 0.15) is 0 Å². The molecule has 0 spiro atoms. The van der Waals surface area contributed by atoms with Gasteiger partial charge in [0.15, 0.2) is 0 Å². The van der Waals surface area contributed by atoms with Gasteiger partial charge in [0.05, 0.1) is 11.8 Å². The van der Waals surface area contributed by atoms with Crippen LogP contribution in [-0.4, -0.2) is 58.0 Å². The summed E-state index contributed by atoms with van der Waals surface area (Å²) >= 11 is 2.75. The fourth-order valence-corrected chi connectivity index (χ4v) is 4.28. The molecule has 1 unspecified atom stereocenters. The molecule has 2 aliphatic heterocycles. The summed E-state index contributed by atoms with van der Waals surface area (Å²) < 4.78 is 0. The van der Waals surface area contributed by atoms with E-state index in [1.807, 2.05) is 6.26 Å². The highest BCUT2D eigenvalue weighted by molar-refractivity contribution is 8.14. The van der Waals surface area contributed by atoms with Crippen LogP contribution in [-0.2, 0) is 16.0 Å². The highest BCUT2D eigenvalue weighted by Gasteiger charge is 2.39. The molecule has 5 nitrogen and oxygen atoms in total. The van der Waals surface area contributed by atoms with E-state index in [2.05, 4.69) is 24.3 Å². The van der Waals surface area contributed by atoms with Gasteiger partial charge in [-0.05, 0) is 36.8 Å². The minimum atomic E-state index is -0.173. The average Bonchev–Trinajstić information content (AvgIpc) is 3.20. The largest absolute Gasteiger partial charge is 0.341 e. The quantitative estimate of drug-likeness (QED) is 0.752. The van der Waals surface area contributed by atoms with E-state index in [1.165, 1.54) is 9.80 Å². The zero-order valence-corrected chi connectivity index (χ0v) is 15.2. The molecule has 0 saturated carbocycles. The zero-order valence-electron chi connectivity index (χ0n) is 13.6. The van der Waals surface area contributed by atoms with Gasteiger partial charge in [-0.15, -0.1) is 11.8 Å². The number of imide groups is 1. The summed E-state index contributed by atoms with van der Waals surface area (Å²) in [5.74, 6) is 0.200. The SMILES string of the molecule is CSc1ccc(CCC(=O)N2CCC(N3C(=O)CSC3=O)C2)cc1. The van der Waals surface area contributed by atoms with Gasteiger partial charge in [-0.3, -0.25) is 19.3 Å². The molecule has 3 amide bonds. The smallest absolute Gasteiger partial charge is 0.289 e. The molecule has 1 aromatic rings. The maximum absolute atomic E-state index is 12.4. The van der Waals surface area contributed by atoms with Gasteiger partial charge in [0.2, 0.25) is 11.8 Å². The first-order valence-corrected chi connectivity index (χ1v) is 10.2. The Labute approximate surface area is 150 Å². The summed E-state index contributed by atoms with van der Waals surface area (Å²) in [6.45, 7) is 1.10. The lowest BCUT2D eigenvalue weighted by Gasteiger charge is -2.22. The molecule has 0 aromatic heterocycles. The van der Waals surface area contributed by atoms with E-state index in [4.69, 9.17) is 0 Å². The summed E-state index contributed by atoms with van der Waals surface area (Å²) in [5, 5.41) is -0.173. The highest BCUT2D eigenvalue weighted by Crippen LogP contribution is 2.26. The van der Waals surface area contributed by atoms with Crippen molar-refractivity contribution in [3.63, 3.8) is 0 Å². The lowest BCUT2D eigenvalue weighted by atomic mass is 10.1. The van der Waals surface area contributed by atoms with E-state index in [9.17, 15) is 14.4 Å². The van der Waals surface area contributed by atoms with E-state index in [0.717, 1.165) is 17.3 Å². The molecule has 1 aromatic carbocycles. The van der Waals surface area contributed by atoms with Crippen molar-refractivity contribution in [3.05, 3.63) is 29.8 Å². The average molecular weight is 364 g/mol. The molecule has 0 radical (unpaired) electrons. The van der Waals surface area contributed by atoms with Gasteiger partial charge in [0.25, 0.3) is 5.24 Å². The summed E-state index contributed by atoms with van der Waals surface area (Å²) in [7, 11) is 0. The molecule has 128 valence electrons. The number of carbonyl (C=O) groups is 3. The number of benzene rings is 1. The molecule has 2 aliphatic rings. The van der Waals surface area contributed by atoms with E-state index in [1.54, 1.807) is 16.7 Å². The zero-order chi connectivity index (χ0) is 17.1.